The Labute approximate surface area is 94.7 Å². The third-order valence-corrected chi connectivity index (χ3v) is 2.52. The van der Waals surface area contributed by atoms with Crippen LogP contribution >= 0.6 is 0 Å². The Bertz CT molecular complexity index is 420. The van der Waals surface area contributed by atoms with Gasteiger partial charge in [-0.2, -0.15) is 0 Å². The molecule has 1 heterocycles. The first-order chi connectivity index (χ1) is 7.75. The Kier molecular flexibility index (Phi) is 3.27. The van der Waals surface area contributed by atoms with Gasteiger partial charge in [-0.15, -0.1) is 0 Å². The topological polar surface area (TPSA) is 45.4 Å². The zero-order valence-electron chi connectivity index (χ0n) is 9.18. The van der Waals surface area contributed by atoms with Crippen LogP contribution in [0.4, 0.5) is 0 Å². The molecule has 1 aromatic heterocycles. The highest BCUT2D eigenvalue weighted by molar-refractivity contribution is 5.25. The molecular formula is C13H15NO2. The number of furan rings is 1. The van der Waals surface area contributed by atoms with Gasteiger partial charge in [-0.05, 0) is 36.8 Å². The molecule has 0 radical (unpaired) electrons. The molecule has 0 saturated heterocycles. The summed E-state index contributed by atoms with van der Waals surface area (Å²) >= 11 is 0. The number of hydrogen-bond acceptors (Lipinski definition) is 3. The Morgan fingerprint density at radius 2 is 2.00 bits per heavy atom. The van der Waals surface area contributed by atoms with Gasteiger partial charge in [0.1, 0.15) is 11.5 Å². The Balaban J connectivity index is 1.90. The van der Waals surface area contributed by atoms with E-state index in [2.05, 4.69) is 12.2 Å². The van der Waals surface area contributed by atoms with Crippen LogP contribution in [0.5, 0.6) is 5.75 Å². The second-order valence-corrected chi connectivity index (χ2v) is 3.78. The molecule has 3 heteroatoms. The van der Waals surface area contributed by atoms with E-state index in [1.807, 2.05) is 24.3 Å². The van der Waals surface area contributed by atoms with Crippen molar-refractivity contribution in [1.82, 2.24) is 5.32 Å². The maximum Gasteiger partial charge on any atom is 0.120 e. The molecule has 0 amide bonds. The summed E-state index contributed by atoms with van der Waals surface area (Å²) in [5, 5.41) is 12.5. The van der Waals surface area contributed by atoms with Crippen molar-refractivity contribution in [1.29, 1.82) is 0 Å². The third kappa shape index (κ3) is 2.64. The van der Waals surface area contributed by atoms with Crippen molar-refractivity contribution in [2.45, 2.75) is 19.5 Å². The van der Waals surface area contributed by atoms with E-state index in [4.69, 9.17) is 9.52 Å². The second kappa shape index (κ2) is 4.86. The van der Waals surface area contributed by atoms with Crippen LogP contribution in [-0.4, -0.2) is 5.11 Å². The van der Waals surface area contributed by atoms with Crippen molar-refractivity contribution in [3.05, 3.63) is 54.0 Å². The Hall–Kier alpha value is -1.74. The van der Waals surface area contributed by atoms with Crippen LogP contribution in [0.3, 0.4) is 0 Å². The zero-order chi connectivity index (χ0) is 11.4. The summed E-state index contributed by atoms with van der Waals surface area (Å²) in [7, 11) is 0. The van der Waals surface area contributed by atoms with Crippen molar-refractivity contribution >= 4 is 0 Å². The van der Waals surface area contributed by atoms with Gasteiger partial charge in [-0.1, -0.05) is 12.1 Å². The minimum Gasteiger partial charge on any atom is -0.508 e. The Morgan fingerprint density at radius 3 is 2.62 bits per heavy atom. The minimum absolute atomic E-state index is 0.184. The molecule has 0 bridgehead atoms. The maximum absolute atomic E-state index is 9.15. The number of benzene rings is 1. The maximum atomic E-state index is 9.15. The zero-order valence-corrected chi connectivity index (χ0v) is 9.18. The largest absolute Gasteiger partial charge is 0.508 e. The average molecular weight is 217 g/mol. The molecule has 84 valence electrons. The smallest absolute Gasteiger partial charge is 0.120 e. The molecule has 0 aliphatic heterocycles. The monoisotopic (exact) mass is 217 g/mol. The van der Waals surface area contributed by atoms with Crippen molar-refractivity contribution in [3.63, 3.8) is 0 Å². The third-order valence-electron chi connectivity index (χ3n) is 2.52. The van der Waals surface area contributed by atoms with Crippen LogP contribution in [0, 0.1) is 0 Å². The predicted octanol–water partition coefficient (Wildman–Crippen LogP) is 2.84. The number of hydrogen-bond donors (Lipinski definition) is 2. The highest BCUT2D eigenvalue weighted by atomic mass is 16.3. The van der Waals surface area contributed by atoms with Gasteiger partial charge in [0.25, 0.3) is 0 Å². The molecule has 1 atom stereocenters. The molecule has 3 nitrogen and oxygen atoms in total. The molecule has 0 unspecified atom stereocenters. The summed E-state index contributed by atoms with van der Waals surface area (Å²) in [6, 6.07) is 11.2. The fraction of sp³-hybridized carbons (Fsp3) is 0.231. The lowest BCUT2D eigenvalue weighted by Gasteiger charge is -2.11. The van der Waals surface area contributed by atoms with Gasteiger partial charge in [-0.25, -0.2) is 0 Å². The van der Waals surface area contributed by atoms with Crippen LogP contribution in [0.2, 0.25) is 0 Å². The first kappa shape index (κ1) is 10.8. The van der Waals surface area contributed by atoms with Crippen LogP contribution in [0.1, 0.15) is 24.3 Å². The first-order valence-electron chi connectivity index (χ1n) is 5.30. The highest BCUT2D eigenvalue weighted by Gasteiger charge is 2.06. The summed E-state index contributed by atoms with van der Waals surface area (Å²) in [5.74, 6) is 1.22. The SMILES string of the molecule is C[C@H](NCc1ccc(O)cc1)c1ccco1. The fourth-order valence-corrected chi connectivity index (χ4v) is 1.52. The number of nitrogens with one attached hydrogen (secondary N) is 1. The molecule has 0 spiro atoms. The van der Waals surface area contributed by atoms with E-state index in [0.29, 0.717) is 5.75 Å². The van der Waals surface area contributed by atoms with Gasteiger partial charge in [0.05, 0.1) is 12.3 Å². The molecular weight excluding hydrogens is 202 g/mol. The average Bonchev–Trinajstić information content (AvgIpc) is 2.81. The van der Waals surface area contributed by atoms with E-state index < -0.39 is 0 Å². The van der Waals surface area contributed by atoms with Crippen LogP contribution < -0.4 is 5.32 Å². The number of phenols is 1. The number of rotatable bonds is 4. The van der Waals surface area contributed by atoms with Gasteiger partial charge >= 0.3 is 0 Å². The van der Waals surface area contributed by atoms with Gasteiger partial charge in [0, 0.05) is 6.54 Å². The Morgan fingerprint density at radius 1 is 1.25 bits per heavy atom. The van der Waals surface area contributed by atoms with Crippen LogP contribution in [-0.2, 0) is 6.54 Å². The number of phenolic OH excluding ortho intramolecular Hbond substituents is 1. The minimum atomic E-state index is 0.184. The van der Waals surface area contributed by atoms with E-state index in [1.54, 1.807) is 18.4 Å². The van der Waals surface area contributed by atoms with Crippen LogP contribution in [0.25, 0.3) is 0 Å². The van der Waals surface area contributed by atoms with Gasteiger partial charge in [-0.3, -0.25) is 0 Å². The molecule has 1 aromatic carbocycles. The second-order valence-electron chi connectivity index (χ2n) is 3.78. The fourth-order valence-electron chi connectivity index (χ4n) is 1.52. The standard InChI is InChI=1S/C13H15NO2/c1-10(13-3-2-8-16-13)14-9-11-4-6-12(15)7-5-11/h2-8,10,14-15H,9H2,1H3/t10-/m0/s1. The van der Waals surface area contributed by atoms with Crippen LogP contribution in [0.15, 0.2) is 47.1 Å². The normalized spacial score (nSPS) is 12.6. The quantitative estimate of drug-likeness (QED) is 0.827. The molecule has 0 saturated carbocycles. The van der Waals surface area contributed by atoms with Crippen molar-refractivity contribution in [2.24, 2.45) is 0 Å². The molecule has 16 heavy (non-hydrogen) atoms. The molecule has 2 rings (SSSR count). The van der Waals surface area contributed by atoms with Crippen molar-refractivity contribution in [3.8, 4) is 5.75 Å². The summed E-state index contributed by atoms with van der Waals surface area (Å²) in [4.78, 5) is 0. The number of aromatic hydroxyl groups is 1. The summed E-state index contributed by atoms with van der Waals surface area (Å²) < 4.78 is 5.30. The lowest BCUT2D eigenvalue weighted by molar-refractivity contribution is 0.430. The van der Waals surface area contributed by atoms with Gasteiger partial charge in [0.15, 0.2) is 0 Å². The predicted molar refractivity (Wildman–Crippen MR) is 62.1 cm³/mol. The molecule has 0 fully saturated rings. The van der Waals surface area contributed by atoms with Crippen molar-refractivity contribution in [2.75, 3.05) is 0 Å². The van der Waals surface area contributed by atoms with E-state index in [-0.39, 0.29) is 6.04 Å². The summed E-state index contributed by atoms with van der Waals surface area (Å²) in [5.41, 5.74) is 1.14. The lowest BCUT2D eigenvalue weighted by Crippen LogP contribution is -2.17. The van der Waals surface area contributed by atoms with Gasteiger partial charge < -0.3 is 14.8 Å². The van der Waals surface area contributed by atoms with Gasteiger partial charge in [0.2, 0.25) is 0 Å². The molecule has 2 aromatic rings. The molecule has 0 aliphatic carbocycles. The molecule has 2 N–H and O–H groups in total. The van der Waals surface area contributed by atoms with E-state index in [1.165, 1.54) is 0 Å². The van der Waals surface area contributed by atoms with E-state index in [9.17, 15) is 0 Å². The first-order valence-corrected chi connectivity index (χ1v) is 5.30. The van der Waals surface area contributed by atoms with Crippen molar-refractivity contribution < 1.29 is 9.52 Å². The van der Waals surface area contributed by atoms with E-state index in [0.717, 1.165) is 17.9 Å². The summed E-state index contributed by atoms with van der Waals surface area (Å²) in [6.07, 6.45) is 1.67. The molecule has 0 aliphatic rings. The summed E-state index contributed by atoms with van der Waals surface area (Å²) in [6.45, 7) is 2.81. The lowest BCUT2D eigenvalue weighted by atomic mass is 10.2. The highest BCUT2D eigenvalue weighted by Crippen LogP contribution is 2.14. The van der Waals surface area contributed by atoms with E-state index >= 15 is 0 Å².